The first-order valence-corrected chi connectivity index (χ1v) is 10.1. The van der Waals surface area contributed by atoms with Gasteiger partial charge in [-0.3, -0.25) is 0 Å². The molecule has 0 spiro atoms. The predicted octanol–water partition coefficient (Wildman–Crippen LogP) is 6.03. The lowest BCUT2D eigenvalue weighted by molar-refractivity contribution is 0.414. The number of nitrogens with zero attached hydrogens (tertiary/aromatic N) is 2. The van der Waals surface area contributed by atoms with E-state index in [2.05, 4.69) is 0 Å². The van der Waals surface area contributed by atoms with Crippen LogP contribution in [-0.2, 0) is 0 Å². The Morgan fingerprint density at radius 3 is 1.27 bits per heavy atom. The fourth-order valence-electron chi connectivity index (χ4n) is 2.56. The fraction of sp³-hybridized carbons (Fsp3) is 0.0909. The molecule has 0 bridgehead atoms. The molecule has 0 heterocycles. The number of hydrogen-bond donors (Lipinski definition) is 0. The molecule has 0 aromatic heterocycles. The zero-order valence-electron chi connectivity index (χ0n) is 15.9. The molecule has 0 unspecified atom stereocenters. The van der Waals surface area contributed by atoms with Gasteiger partial charge in [0, 0.05) is 9.79 Å². The van der Waals surface area contributed by atoms with E-state index in [1.165, 1.54) is 14.2 Å². The second kappa shape index (κ2) is 9.53. The van der Waals surface area contributed by atoms with Gasteiger partial charge in [0.25, 0.3) is 0 Å². The molecule has 0 aliphatic heterocycles. The standard InChI is InChI=1S/C22H14F2N2O2S2/c1-27-13-3-7-15(8-4-13)29-21-19(23)17(11-25)18(12-26)20(24)22(21)30-16-9-5-14(28-2)6-10-16/h3-10H,1-2H3. The molecule has 30 heavy (non-hydrogen) atoms. The summed E-state index contributed by atoms with van der Waals surface area (Å²) in [6.45, 7) is 0. The number of benzene rings is 3. The van der Waals surface area contributed by atoms with Crippen molar-refractivity contribution < 1.29 is 18.3 Å². The van der Waals surface area contributed by atoms with Crippen molar-refractivity contribution in [2.75, 3.05) is 14.2 Å². The molecule has 3 aromatic carbocycles. The van der Waals surface area contributed by atoms with Crippen LogP contribution in [0.5, 0.6) is 11.5 Å². The number of nitriles is 2. The summed E-state index contributed by atoms with van der Waals surface area (Å²) >= 11 is 1.95. The van der Waals surface area contributed by atoms with Crippen LogP contribution in [0.2, 0.25) is 0 Å². The molecule has 3 rings (SSSR count). The Morgan fingerprint density at radius 2 is 1.00 bits per heavy atom. The van der Waals surface area contributed by atoms with Gasteiger partial charge in [0.15, 0.2) is 11.6 Å². The van der Waals surface area contributed by atoms with Crippen molar-refractivity contribution in [2.45, 2.75) is 19.6 Å². The van der Waals surface area contributed by atoms with Gasteiger partial charge >= 0.3 is 0 Å². The highest BCUT2D eigenvalue weighted by Crippen LogP contribution is 2.44. The monoisotopic (exact) mass is 440 g/mol. The highest BCUT2D eigenvalue weighted by atomic mass is 32.2. The van der Waals surface area contributed by atoms with E-state index in [1.54, 1.807) is 60.7 Å². The third-order valence-corrected chi connectivity index (χ3v) is 6.40. The molecule has 0 aliphatic carbocycles. The quantitative estimate of drug-likeness (QED) is 0.466. The number of rotatable bonds is 6. The number of hydrogen-bond acceptors (Lipinski definition) is 6. The van der Waals surface area contributed by atoms with Crippen molar-refractivity contribution in [3.05, 3.63) is 71.3 Å². The first-order chi connectivity index (χ1) is 14.5. The summed E-state index contributed by atoms with van der Waals surface area (Å²) < 4.78 is 40.6. The van der Waals surface area contributed by atoms with Crippen LogP contribution in [0.4, 0.5) is 8.78 Å². The zero-order valence-corrected chi connectivity index (χ0v) is 17.5. The lowest BCUT2D eigenvalue weighted by atomic mass is 10.1. The maximum absolute atomic E-state index is 15.2. The van der Waals surface area contributed by atoms with E-state index < -0.39 is 22.8 Å². The predicted molar refractivity (Wildman–Crippen MR) is 110 cm³/mol. The fourth-order valence-corrected chi connectivity index (χ4v) is 4.58. The van der Waals surface area contributed by atoms with Crippen LogP contribution >= 0.6 is 23.5 Å². The molecular weight excluding hydrogens is 426 g/mol. The first kappa shape index (κ1) is 21.5. The summed E-state index contributed by atoms with van der Waals surface area (Å²) in [5, 5.41) is 18.6. The molecule has 8 heteroatoms. The van der Waals surface area contributed by atoms with E-state index in [1.807, 2.05) is 0 Å². The summed E-state index contributed by atoms with van der Waals surface area (Å²) in [5.74, 6) is -0.604. The van der Waals surface area contributed by atoms with Crippen LogP contribution in [-0.4, -0.2) is 14.2 Å². The topological polar surface area (TPSA) is 66.0 Å². The van der Waals surface area contributed by atoms with Crippen LogP contribution in [0.3, 0.4) is 0 Å². The second-order valence-corrected chi connectivity index (χ2v) is 7.98. The van der Waals surface area contributed by atoms with E-state index in [0.717, 1.165) is 23.5 Å². The van der Waals surface area contributed by atoms with Gasteiger partial charge in [-0.15, -0.1) is 0 Å². The Morgan fingerprint density at radius 1 is 0.667 bits per heavy atom. The summed E-state index contributed by atoms with van der Waals surface area (Å²) in [7, 11) is 3.06. The Kier molecular flexibility index (Phi) is 6.83. The highest BCUT2D eigenvalue weighted by Gasteiger charge is 2.26. The second-order valence-electron chi connectivity index (χ2n) is 5.82. The number of ether oxygens (including phenoxy) is 2. The van der Waals surface area contributed by atoms with E-state index >= 15 is 8.78 Å². The summed E-state index contributed by atoms with van der Waals surface area (Å²) in [6, 6.07) is 16.8. The average molecular weight is 440 g/mol. The Hall–Kier alpha value is -3.20. The first-order valence-electron chi connectivity index (χ1n) is 8.51. The van der Waals surface area contributed by atoms with Crippen LogP contribution < -0.4 is 9.47 Å². The average Bonchev–Trinajstić information content (AvgIpc) is 2.79. The summed E-state index contributed by atoms with van der Waals surface area (Å²) in [4.78, 5) is 1.13. The zero-order chi connectivity index (χ0) is 21.7. The number of methoxy groups -OCH3 is 2. The molecule has 0 radical (unpaired) electrons. The summed E-state index contributed by atoms with van der Waals surface area (Å²) in [6.07, 6.45) is 0. The largest absolute Gasteiger partial charge is 0.497 e. The molecule has 0 atom stereocenters. The van der Waals surface area contributed by atoms with Crippen LogP contribution in [0.25, 0.3) is 0 Å². The van der Waals surface area contributed by atoms with Crippen molar-refractivity contribution in [1.82, 2.24) is 0 Å². The molecule has 0 saturated carbocycles. The lowest BCUT2D eigenvalue weighted by Crippen LogP contribution is -2.01. The normalized spacial score (nSPS) is 10.2. The summed E-state index contributed by atoms with van der Waals surface area (Å²) in [5.41, 5.74) is -1.21. The van der Waals surface area contributed by atoms with Gasteiger partial charge in [0.05, 0.1) is 24.0 Å². The molecule has 150 valence electrons. The SMILES string of the molecule is COc1ccc(Sc2c(F)c(C#N)c(C#N)c(F)c2Sc2ccc(OC)cc2)cc1. The highest BCUT2D eigenvalue weighted by molar-refractivity contribution is 8.02. The minimum Gasteiger partial charge on any atom is -0.497 e. The third-order valence-electron chi connectivity index (χ3n) is 4.08. The molecule has 4 nitrogen and oxygen atoms in total. The third kappa shape index (κ3) is 4.35. The molecule has 0 fully saturated rings. The van der Waals surface area contributed by atoms with Crippen molar-refractivity contribution in [1.29, 1.82) is 10.5 Å². The van der Waals surface area contributed by atoms with Crippen LogP contribution in [0.15, 0.2) is 68.1 Å². The van der Waals surface area contributed by atoms with Crippen LogP contribution in [0, 0.1) is 34.3 Å². The van der Waals surface area contributed by atoms with Gasteiger partial charge in [-0.2, -0.15) is 10.5 Å². The maximum atomic E-state index is 15.2. The van der Waals surface area contributed by atoms with Crippen molar-refractivity contribution in [2.24, 2.45) is 0 Å². The minimum atomic E-state index is -0.924. The Labute approximate surface area is 181 Å². The van der Waals surface area contributed by atoms with Crippen molar-refractivity contribution in [3.63, 3.8) is 0 Å². The van der Waals surface area contributed by atoms with Crippen molar-refractivity contribution in [3.8, 4) is 23.6 Å². The lowest BCUT2D eigenvalue weighted by Gasteiger charge is -2.14. The molecule has 0 N–H and O–H groups in total. The van der Waals surface area contributed by atoms with Crippen LogP contribution in [0.1, 0.15) is 11.1 Å². The van der Waals surface area contributed by atoms with E-state index in [4.69, 9.17) is 9.47 Å². The van der Waals surface area contributed by atoms with Gasteiger partial charge in [-0.1, -0.05) is 23.5 Å². The molecule has 0 aliphatic rings. The van der Waals surface area contributed by atoms with Gasteiger partial charge < -0.3 is 9.47 Å². The van der Waals surface area contributed by atoms with Crippen molar-refractivity contribution >= 4 is 23.5 Å². The minimum absolute atomic E-state index is 0.0611. The van der Waals surface area contributed by atoms with Gasteiger partial charge in [0.2, 0.25) is 0 Å². The molecular formula is C22H14F2N2O2S2. The Balaban J connectivity index is 2.13. The van der Waals surface area contributed by atoms with E-state index in [9.17, 15) is 10.5 Å². The smallest absolute Gasteiger partial charge is 0.157 e. The van der Waals surface area contributed by atoms with E-state index in [-0.39, 0.29) is 9.79 Å². The molecule has 0 amide bonds. The Bertz CT molecular complexity index is 1060. The van der Waals surface area contributed by atoms with Gasteiger partial charge in [-0.25, -0.2) is 8.78 Å². The molecule has 3 aromatic rings. The molecule has 0 saturated heterocycles. The maximum Gasteiger partial charge on any atom is 0.157 e. The van der Waals surface area contributed by atoms with Gasteiger partial charge in [-0.05, 0) is 48.5 Å². The van der Waals surface area contributed by atoms with E-state index in [0.29, 0.717) is 21.3 Å². The number of halogens is 2. The van der Waals surface area contributed by atoms with Gasteiger partial charge in [0.1, 0.15) is 34.8 Å².